The number of anilines is 1. The number of cyclic esters (lactones) is 1. The number of hydrazine groups is 1. The zero-order valence-corrected chi connectivity index (χ0v) is 36.0. The maximum Gasteiger partial charge on any atom is 0.324 e. The van der Waals surface area contributed by atoms with Crippen LogP contribution < -0.4 is 15.6 Å². The van der Waals surface area contributed by atoms with Crippen molar-refractivity contribution in [2.45, 2.75) is 84.5 Å². The number of nitriles is 1. The van der Waals surface area contributed by atoms with E-state index < -0.39 is 41.1 Å². The highest BCUT2D eigenvalue weighted by atomic mass is 32.1. The van der Waals surface area contributed by atoms with Gasteiger partial charge < -0.3 is 29.2 Å². The standard InChI is InChI=1S/C44H54FN9O5S/c1-7-53-37-18-33(45)30-17-29(37)32(40(53)31-16-27(22-47-39(31)25(2)58-6)52-13-11-51(5)12-14-52)20-44(3,4)24-59-43(57)34-9-8-10-54(50-34)42(56)35(19-38-48-36(30)23-60-38)49-41(55)28-15-26(28)21-46/h16-18,22-23,25-26,28,34-35,50H,7-15,19-20,24H2,1-6H3,(H,49,55)/t25-,26+,28-,34-,35-/m0/s1. The Balaban J connectivity index is 1.28. The van der Waals surface area contributed by atoms with Crippen molar-refractivity contribution in [2.75, 3.05) is 58.4 Å². The average molecular weight is 840 g/mol. The number of aromatic nitrogens is 3. The second-order valence-electron chi connectivity index (χ2n) is 17.4. The third-order valence-electron chi connectivity index (χ3n) is 12.5. The van der Waals surface area contributed by atoms with Crippen molar-refractivity contribution in [3.8, 4) is 28.6 Å². The molecule has 3 aromatic heterocycles. The SMILES string of the molecule is CCn1c(-c2cc(N3CCN(C)CC3)cnc2[C@H](C)OC)c2c3cc(c(F)cc31)-c1csc(n1)C[C@H](NC(=O)[C@H]1C[C@@H]1C#N)C(=O)N1CCC[C@H](N1)C(=O)OCC(C)(C)C2. The van der Waals surface area contributed by atoms with Crippen LogP contribution >= 0.6 is 11.3 Å². The number of benzene rings is 1. The van der Waals surface area contributed by atoms with Crippen LogP contribution in [0.2, 0.25) is 0 Å². The molecule has 2 amide bonds. The summed E-state index contributed by atoms with van der Waals surface area (Å²) in [6, 6.07) is 5.99. The predicted molar refractivity (Wildman–Crippen MR) is 226 cm³/mol. The second-order valence-corrected chi connectivity index (χ2v) is 18.4. The van der Waals surface area contributed by atoms with E-state index in [0.29, 0.717) is 55.0 Å². The van der Waals surface area contributed by atoms with E-state index in [0.717, 1.165) is 65.3 Å². The number of piperazine rings is 1. The third kappa shape index (κ3) is 8.24. The Hall–Kier alpha value is -4.95. The number of aryl methyl sites for hydroxylation is 1. The minimum atomic E-state index is -1.03. The lowest BCUT2D eigenvalue weighted by Gasteiger charge is -2.35. The molecule has 8 rings (SSSR count). The van der Waals surface area contributed by atoms with Gasteiger partial charge >= 0.3 is 5.97 Å². The number of nitrogens with one attached hydrogen (secondary N) is 2. The van der Waals surface area contributed by atoms with Crippen LogP contribution in [0.25, 0.3) is 33.4 Å². The van der Waals surface area contributed by atoms with Gasteiger partial charge in [-0.1, -0.05) is 13.8 Å². The van der Waals surface area contributed by atoms with Crippen LogP contribution in [0, 0.1) is 34.4 Å². The molecule has 6 bridgehead atoms. The molecule has 0 radical (unpaired) electrons. The first-order chi connectivity index (χ1) is 28.8. The minimum Gasteiger partial charge on any atom is -0.464 e. The summed E-state index contributed by atoms with van der Waals surface area (Å²) in [5.41, 5.74) is 8.51. The van der Waals surface area contributed by atoms with Gasteiger partial charge in [-0.25, -0.2) is 14.8 Å². The molecule has 2 N–H and O–H groups in total. The fourth-order valence-corrected chi connectivity index (χ4v) is 9.63. The Kier molecular flexibility index (Phi) is 11.7. The number of pyridine rings is 1. The first-order valence-corrected chi connectivity index (χ1v) is 21.9. The maximum atomic E-state index is 16.7. The summed E-state index contributed by atoms with van der Waals surface area (Å²) in [4.78, 5) is 55.7. The lowest BCUT2D eigenvalue weighted by molar-refractivity contribution is -0.155. The largest absolute Gasteiger partial charge is 0.464 e. The summed E-state index contributed by atoms with van der Waals surface area (Å²) in [6.45, 7) is 12.7. The summed E-state index contributed by atoms with van der Waals surface area (Å²) in [5, 5.41) is 16.8. The number of halogens is 1. The Morgan fingerprint density at radius 1 is 1.18 bits per heavy atom. The molecule has 4 aromatic rings. The van der Waals surface area contributed by atoms with Crippen molar-refractivity contribution in [3.05, 3.63) is 51.9 Å². The van der Waals surface area contributed by atoms with Gasteiger partial charge in [0, 0.05) is 80.1 Å². The molecule has 1 aromatic carbocycles. The smallest absolute Gasteiger partial charge is 0.324 e. The number of hydrogen-bond acceptors (Lipinski definition) is 12. The quantitative estimate of drug-likeness (QED) is 0.234. The van der Waals surface area contributed by atoms with Gasteiger partial charge in [0.25, 0.3) is 5.91 Å². The van der Waals surface area contributed by atoms with Gasteiger partial charge in [-0.15, -0.1) is 11.3 Å². The van der Waals surface area contributed by atoms with Crippen molar-refractivity contribution in [2.24, 2.45) is 17.3 Å². The van der Waals surface area contributed by atoms with E-state index in [4.69, 9.17) is 19.4 Å². The van der Waals surface area contributed by atoms with E-state index in [1.165, 1.54) is 16.3 Å². The van der Waals surface area contributed by atoms with Crippen LogP contribution in [0.4, 0.5) is 10.1 Å². The minimum absolute atomic E-state index is 0.0449. The van der Waals surface area contributed by atoms with E-state index in [9.17, 15) is 19.6 Å². The van der Waals surface area contributed by atoms with Crippen LogP contribution in [0.5, 0.6) is 0 Å². The van der Waals surface area contributed by atoms with Gasteiger partial charge in [-0.05, 0) is 70.3 Å². The molecule has 0 unspecified atom stereocenters. The van der Waals surface area contributed by atoms with E-state index in [2.05, 4.69) is 65.1 Å². The summed E-state index contributed by atoms with van der Waals surface area (Å²) in [5.74, 6) is -2.59. The summed E-state index contributed by atoms with van der Waals surface area (Å²) < 4.78 is 30.8. The number of likely N-dealkylation sites (N-methyl/N-ethyl adjacent to an activating group) is 1. The molecule has 16 heteroatoms. The highest BCUT2D eigenvalue weighted by molar-refractivity contribution is 7.10. The number of ether oxygens (including phenoxy) is 2. The van der Waals surface area contributed by atoms with Crippen molar-refractivity contribution >= 4 is 45.7 Å². The van der Waals surface area contributed by atoms with Gasteiger partial charge in [0.15, 0.2) is 0 Å². The zero-order valence-electron chi connectivity index (χ0n) is 35.2. The number of fused-ring (bicyclic) bond motifs is 6. The van der Waals surface area contributed by atoms with Crippen LogP contribution in [-0.4, -0.2) is 108 Å². The van der Waals surface area contributed by atoms with Crippen LogP contribution in [0.3, 0.4) is 0 Å². The number of carbonyl (C=O) groups is 3. The lowest BCUT2D eigenvalue weighted by Crippen LogP contribution is -2.60. The molecule has 2 saturated heterocycles. The molecule has 318 valence electrons. The first kappa shape index (κ1) is 41.8. The molecule has 4 aliphatic rings. The van der Waals surface area contributed by atoms with E-state index >= 15 is 4.39 Å². The van der Waals surface area contributed by atoms with Gasteiger partial charge in [-0.2, -0.15) is 5.26 Å². The van der Waals surface area contributed by atoms with E-state index in [-0.39, 0.29) is 31.0 Å². The molecular weight excluding hydrogens is 786 g/mol. The molecule has 1 saturated carbocycles. The molecule has 3 aliphatic heterocycles. The van der Waals surface area contributed by atoms with Gasteiger partial charge in [0.05, 0.1) is 70.1 Å². The molecule has 60 heavy (non-hydrogen) atoms. The second kappa shape index (κ2) is 16.8. The van der Waals surface area contributed by atoms with Gasteiger partial charge in [-0.3, -0.25) is 24.4 Å². The molecule has 5 atom stereocenters. The van der Waals surface area contributed by atoms with E-state index in [1.807, 2.05) is 19.2 Å². The Morgan fingerprint density at radius 3 is 2.68 bits per heavy atom. The Morgan fingerprint density at radius 2 is 1.97 bits per heavy atom. The number of amides is 2. The van der Waals surface area contributed by atoms with Crippen molar-refractivity contribution in [1.29, 1.82) is 5.26 Å². The van der Waals surface area contributed by atoms with Crippen LogP contribution in [-0.2, 0) is 43.2 Å². The monoisotopic (exact) mass is 839 g/mol. The predicted octanol–water partition coefficient (Wildman–Crippen LogP) is 5.25. The van der Waals surface area contributed by atoms with Gasteiger partial charge in [0.1, 0.15) is 17.9 Å². The number of rotatable bonds is 7. The number of carbonyl (C=O) groups excluding carboxylic acids is 3. The zero-order chi connectivity index (χ0) is 42.5. The molecular formula is C44H54FN9O5S. The molecule has 1 aliphatic carbocycles. The third-order valence-corrected chi connectivity index (χ3v) is 13.3. The summed E-state index contributed by atoms with van der Waals surface area (Å²) in [7, 11) is 3.80. The molecule has 14 nitrogen and oxygen atoms in total. The fraction of sp³-hybridized carbons (Fsp3) is 0.545. The maximum absolute atomic E-state index is 16.7. The average Bonchev–Trinajstić information content (AvgIpc) is 3.82. The number of hydrogen-bond donors (Lipinski definition) is 2. The summed E-state index contributed by atoms with van der Waals surface area (Å²) in [6.07, 6.45) is 3.56. The topological polar surface area (TPSA) is 158 Å². The molecule has 3 fully saturated rings. The van der Waals surface area contributed by atoms with Crippen molar-refractivity contribution in [3.63, 3.8) is 0 Å². The first-order valence-electron chi connectivity index (χ1n) is 21.0. The highest BCUT2D eigenvalue weighted by Gasteiger charge is 2.45. The normalized spacial score (nSPS) is 24.1. The Labute approximate surface area is 354 Å². The molecule has 0 spiro atoms. The van der Waals surface area contributed by atoms with Crippen molar-refractivity contribution < 1.29 is 28.2 Å². The summed E-state index contributed by atoms with van der Waals surface area (Å²) >= 11 is 1.29. The fourth-order valence-electron chi connectivity index (χ4n) is 8.79. The Bertz CT molecular complexity index is 2350. The number of thiazole rings is 1. The van der Waals surface area contributed by atoms with Crippen LogP contribution in [0.15, 0.2) is 29.8 Å². The van der Waals surface area contributed by atoms with Crippen molar-refractivity contribution in [1.82, 2.24) is 35.2 Å². The van der Waals surface area contributed by atoms with E-state index in [1.54, 1.807) is 18.6 Å². The van der Waals surface area contributed by atoms with Crippen LogP contribution in [0.1, 0.15) is 69.3 Å². The van der Waals surface area contributed by atoms with Gasteiger partial charge in [0.2, 0.25) is 5.91 Å². The number of methoxy groups -OCH3 is 1. The number of nitrogens with zero attached hydrogens (tertiary/aromatic N) is 7. The highest BCUT2D eigenvalue weighted by Crippen LogP contribution is 2.44. The lowest BCUT2D eigenvalue weighted by atomic mass is 9.84. The number of esters is 1. The molecule has 6 heterocycles.